The molecule has 34 heavy (non-hydrogen) atoms. The second kappa shape index (κ2) is 10.7. The third kappa shape index (κ3) is 5.34. The number of rotatable bonds is 7. The maximum Gasteiger partial charge on any atom is 0.194 e. The molecule has 0 spiro atoms. The smallest absolute Gasteiger partial charge is 0.194 e. The van der Waals surface area contributed by atoms with Gasteiger partial charge in [-0.05, 0) is 84.7 Å². The Balaban J connectivity index is 1.44. The fourth-order valence-electron chi connectivity index (χ4n) is 5.16. The van der Waals surface area contributed by atoms with E-state index in [0.29, 0.717) is 11.5 Å². The lowest BCUT2D eigenvalue weighted by Gasteiger charge is -2.28. The summed E-state index contributed by atoms with van der Waals surface area (Å²) in [6.07, 6.45) is 7.45. The Labute approximate surface area is 197 Å². The maximum atomic E-state index is 14.9. The van der Waals surface area contributed by atoms with E-state index in [1.807, 2.05) is 24.3 Å². The van der Waals surface area contributed by atoms with Gasteiger partial charge >= 0.3 is 0 Å². The Morgan fingerprint density at radius 2 is 1.35 bits per heavy atom. The molecule has 0 aliphatic heterocycles. The molecule has 0 saturated heterocycles. The molecule has 0 atom stereocenters. The summed E-state index contributed by atoms with van der Waals surface area (Å²) in [6.45, 7) is 2.23. The van der Waals surface area contributed by atoms with Gasteiger partial charge in [-0.2, -0.15) is 0 Å². The topological polar surface area (TPSA) is 0 Å². The zero-order valence-electron chi connectivity index (χ0n) is 19.3. The minimum atomic E-state index is -1.54. The highest BCUT2D eigenvalue weighted by Gasteiger charge is 2.22. The van der Waals surface area contributed by atoms with Gasteiger partial charge in [0.2, 0.25) is 0 Å². The second-order valence-electron chi connectivity index (χ2n) is 9.40. The average molecular weight is 473 g/mol. The first-order chi connectivity index (χ1) is 16.4. The molecule has 4 rings (SSSR count). The zero-order valence-corrected chi connectivity index (χ0v) is 19.3. The highest BCUT2D eigenvalue weighted by Crippen LogP contribution is 2.38. The van der Waals surface area contributed by atoms with Gasteiger partial charge in [0.1, 0.15) is 0 Å². The number of aryl methyl sites for hydroxylation is 2. The van der Waals surface area contributed by atoms with Crippen LogP contribution in [0.25, 0.3) is 11.1 Å². The lowest BCUT2D eigenvalue weighted by molar-refractivity contribution is 0.308. The number of benzene rings is 3. The summed E-state index contributed by atoms with van der Waals surface area (Å²) in [5.41, 5.74) is 2.31. The van der Waals surface area contributed by atoms with Gasteiger partial charge in [-0.25, -0.2) is 22.0 Å². The van der Waals surface area contributed by atoms with Crippen LogP contribution in [0.5, 0.6) is 0 Å². The van der Waals surface area contributed by atoms with E-state index in [1.165, 1.54) is 56.2 Å². The van der Waals surface area contributed by atoms with Gasteiger partial charge in [0.25, 0.3) is 0 Å². The van der Waals surface area contributed by atoms with Gasteiger partial charge in [-0.15, -0.1) is 0 Å². The van der Waals surface area contributed by atoms with Crippen LogP contribution in [0, 0.1) is 35.0 Å². The Hall–Kier alpha value is -2.69. The Morgan fingerprint density at radius 3 is 1.97 bits per heavy atom. The van der Waals surface area contributed by atoms with Crippen molar-refractivity contribution in [1.29, 1.82) is 0 Å². The molecular formula is C29H29F5. The SMILES string of the molecule is CCCC1CCC(c2ccc(-c3ccc(CCc4cc(F)c(F)c(F)c4)c(F)c3F)cc2)CC1. The average Bonchev–Trinajstić information content (AvgIpc) is 2.84. The van der Waals surface area contributed by atoms with Gasteiger partial charge in [-0.3, -0.25) is 0 Å². The summed E-state index contributed by atoms with van der Waals surface area (Å²) in [5, 5.41) is 0. The lowest BCUT2D eigenvalue weighted by Crippen LogP contribution is -2.13. The van der Waals surface area contributed by atoms with Crippen LogP contribution in [0.1, 0.15) is 68.1 Å². The summed E-state index contributed by atoms with van der Waals surface area (Å²) < 4.78 is 69.5. The Bertz CT molecular complexity index is 1100. The molecule has 180 valence electrons. The molecule has 1 saturated carbocycles. The third-order valence-corrected chi connectivity index (χ3v) is 7.13. The van der Waals surface area contributed by atoms with Crippen molar-refractivity contribution in [2.24, 2.45) is 5.92 Å². The van der Waals surface area contributed by atoms with Gasteiger partial charge < -0.3 is 0 Å². The molecule has 0 unspecified atom stereocenters. The molecule has 0 nitrogen and oxygen atoms in total. The van der Waals surface area contributed by atoms with Crippen LogP contribution in [0.4, 0.5) is 22.0 Å². The van der Waals surface area contributed by atoms with Gasteiger partial charge in [0.05, 0.1) is 0 Å². The molecule has 0 aromatic heterocycles. The molecule has 0 amide bonds. The summed E-state index contributed by atoms with van der Waals surface area (Å²) in [7, 11) is 0. The minimum absolute atomic E-state index is 0.0349. The molecule has 1 fully saturated rings. The summed E-state index contributed by atoms with van der Waals surface area (Å²) in [5.74, 6) is -4.70. The highest BCUT2D eigenvalue weighted by atomic mass is 19.2. The largest absolute Gasteiger partial charge is 0.204 e. The number of halogens is 5. The molecular weight excluding hydrogens is 443 g/mol. The maximum absolute atomic E-state index is 14.9. The molecule has 0 radical (unpaired) electrons. The van der Waals surface area contributed by atoms with Crippen molar-refractivity contribution in [3.63, 3.8) is 0 Å². The first-order valence-electron chi connectivity index (χ1n) is 12.1. The van der Waals surface area contributed by atoms with Crippen molar-refractivity contribution in [3.8, 4) is 11.1 Å². The molecule has 1 aliphatic carbocycles. The molecule has 0 N–H and O–H groups in total. The second-order valence-corrected chi connectivity index (χ2v) is 9.40. The van der Waals surface area contributed by atoms with E-state index in [0.717, 1.165) is 18.1 Å². The molecule has 5 heteroatoms. The fourth-order valence-corrected chi connectivity index (χ4v) is 5.16. The zero-order chi connectivity index (χ0) is 24.2. The summed E-state index contributed by atoms with van der Waals surface area (Å²) in [4.78, 5) is 0. The Kier molecular flexibility index (Phi) is 7.70. The van der Waals surface area contributed by atoms with Crippen molar-refractivity contribution in [2.75, 3.05) is 0 Å². The van der Waals surface area contributed by atoms with Crippen molar-refractivity contribution in [3.05, 3.63) is 94.3 Å². The Morgan fingerprint density at radius 1 is 0.706 bits per heavy atom. The first-order valence-corrected chi connectivity index (χ1v) is 12.1. The van der Waals surface area contributed by atoms with Crippen LogP contribution in [0.2, 0.25) is 0 Å². The van der Waals surface area contributed by atoms with E-state index in [-0.39, 0.29) is 29.5 Å². The van der Waals surface area contributed by atoms with Crippen molar-refractivity contribution >= 4 is 0 Å². The van der Waals surface area contributed by atoms with Crippen molar-refractivity contribution in [1.82, 2.24) is 0 Å². The van der Waals surface area contributed by atoms with E-state index < -0.39 is 29.1 Å². The van der Waals surface area contributed by atoms with Crippen molar-refractivity contribution in [2.45, 2.75) is 64.2 Å². The van der Waals surface area contributed by atoms with Crippen molar-refractivity contribution < 1.29 is 22.0 Å². The van der Waals surface area contributed by atoms with E-state index in [2.05, 4.69) is 6.92 Å². The summed E-state index contributed by atoms with van der Waals surface area (Å²) in [6, 6.07) is 12.5. The fraction of sp³-hybridized carbons (Fsp3) is 0.379. The predicted octanol–water partition coefficient (Wildman–Crippen LogP) is 8.91. The van der Waals surface area contributed by atoms with E-state index in [4.69, 9.17) is 0 Å². The lowest BCUT2D eigenvalue weighted by atomic mass is 9.77. The quantitative estimate of drug-likeness (QED) is 0.238. The number of hydrogen-bond acceptors (Lipinski definition) is 0. The van der Waals surface area contributed by atoms with Crippen LogP contribution >= 0.6 is 0 Å². The van der Waals surface area contributed by atoms with E-state index in [1.54, 1.807) is 0 Å². The van der Waals surface area contributed by atoms with Crippen LogP contribution in [-0.2, 0) is 12.8 Å². The molecule has 0 bridgehead atoms. The number of hydrogen-bond donors (Lipinski definition) is 0. The van der Waals surface area contributed by atoms with E-state index in [9.17, 15) is 22.0 Å². The van der Waals surface area contributed by atoms with Crippen LogP contribution < -0.4 is 0 Å². The third-order valence-electron chi connectivity index (χ3n) is 7.13. The van der Waals surface area contributed by atoms with Crippen LogP contribution in [0.3, 0.4) is 0 Å². The predicted molar refractivity (Wildman–Crippen MR) is 125 cm³/mol. The first kappa shape index (κ1) is 24.4. The van der Waals surface area contributed by atoms with Gasteiger partial charge in [-0.1, -0.05) is 56.2 Å². The normalized spacial score (nSPS) is 18.3. The van der Waals surface area contributed by atoms with Gasteiger partial charge in [0, 0.05) is 5.56 Å². The van der Waals surface area contributed by atoms with Crippen LogP contribution in [0.15, 0.2) is 48.5 Å². The molecule has 3 aromatic carbocycles. The monoisotopic (exact) mass is 472 g/mol. The van der Waals surface area contributed by atoms with E-state index >= 15 is 0 Å². The highest BCUT2D eigenvalue weighted by molar-refractivity contribution is 5.65. The molecule has 0 heterocycles. The van der Waals surface area contributed by atoms with Crippen LogP contribution in [-0.4, -0.2) is 0 Å². The minimum Gasteiger partial charge on any atom is -0.204 e. The summed E-state index contributed by atoms with van der Waals surface area (Å²) >= 11 is 0. The molecule has 3 aromatic rings. The standard InChI is InChI=1S/C29H29F5/c1-2-3-18-4-7-20(8-5-18)21-10-12-22(13-11-21)24-15-14-23(27(32)28(24)33)9-6-19-16-25(30)29(34)26(31)17-19/h10-18,20H,2-9H2,1H3. The van der Waals surface area contributed by atoms with Gasteiger partial charge in [0.15, 0.2) is 29.1 Å². The molecule has 1 aliphatic rings.